The van der Waals surface area contributed by atoms with Gasteiger partial charge in [0.15, 0.2) is 0 Å². The average molecular weight is 318 g/mol. The average Bonchev–Trinajstić information content (AvgIpc) is 3.27. The smallest absolute Gasteiger partial charge is 0.316 e. The van der Waals surface area contributed by atoms with Crippen LogP contribution in [0.25, 0.3) is 0 Å². The van der Waals surface area contributed by atoms with E-state index in [0.29, 0.717) is 24.3 Å². The summed E-state index contributed by atoms with van der Waals surface area (Å²) in [5, 5.41) is 9.60. The molecule has 0 aromatic heterocycles. The van der Waals surface area contributed by atoms with Crippen molar-refractivity contribution in [2.75, 3.05) is 20.7 Å². The molecule has 2 bridgehead atoms. The highest BCUT2D eigenvalue weighted by Gasteiger charge is 2.70. The van der Waals surface area contributed by atoms with Gasteiger partial charge in [-0.25, -0.2) is 0 Å². The molecule has 0 saturated carbocycles. The summed E-state index contributed by atoms with van der Waals surface area (Å²) in [7, 11) is 4.51. The minimum atomic E-state index is -0.593. The predicted molar refractivity (Wildman–Crippen MR) is 83.7 cm³/mol. The van der Waals surface area contributed by atoms with Crippen molar-refractivity contribution >= 4 is 5.97 Å². The largest absolute Gasteiger partial charge is 0.461 e. The Morgan fingerprint density at radius 2 is 1.87 bits per heavy atom. The van der Waals surface area contributed by atoms with Crippen molar-refractivity contribution in [1.29, 1.82) is 0 Å². The van der Waals surface area contributed by atoms with Gasteiger partial charge in [-0.2, -0.15) is 0 Å². The van der Waals surface area contributed by atoms with Crippen LogP contribution in [-0.4, -0.2) is 66.7 Å². The fraction of sp³-hybridized carbons (Fsp3) is 0.611. The van der Waals surface area contributed by atoms with Gasteiger partial charge in [0.05, 0.1) is 20.7 Å². The lowest BCUT2D eigenvalue weighted by Gasteiger charge is -2.45. The lowest BCUT2D eigenvalue weighted by Crippen LogP contribution is -2.60. The van der Waals surface area contributed by atoms with E-state index in [2.05, 4.69) is 14.1 Å². The van der Waals surface area contributed by atoms with E-state index in [1.807, 2.05) is 30.3 Å². The number of aliphatic hydroxyl groups is 1. The fourth-order valence-electron chi connectivity index (χ4n) is 4.55. The lowest BCUT2D eigenvalue weighted by molar-refractivity contribution is -0.938. The molecule has 0 amide bonds. The molecule has 5 heteroatoms. The van der Waals surface area contributed by atoms with Crippen LogP contribution < -0.4 is 0 Å². The van der Waals surface area contributed by atoms with E-state index in [0.717, 1.165) is 22.9 Å². The summed E-state index contributed by atoms with van der Waals surface area (Å²) in [5.74, 6) is -0.908. The molecule has 3 aliphatic heterocycles. The zero-order valence-corrected chi connectivity index (χ0v) is 13.6. The highest BCUT2D eigenvalue weighted by molar-refractivity contribution is 5.78. The standard InChI is InChI=1S/C18H24NO4/c1-19(2)14-8-12(9-15(19)17-16(14)23-17)22-18(21)13(10-20)11-6-4-3-5-7-11/h3-7,12-17,20H,8-10H2,1-2H3/q+1/t12?,13?,14-,15+,16?,17?. The quantitative estimate of drug-likeness (QED) is 0.512. The SMILES string of the molecule is C[N+]1(C)[C@@H]2CC(OC(=O)C(CO)c3ccccc3)C[C@H]1C1OC12. The van der Waals surface area contributed by atoms with Crippen LogP contribution in [0.1, 0.15) is 24.3 Å². The molecule has 1 aromatic rings. The Kier molecular flexibility index (Phi) is 3.48. The van der Waals surface area contributed by atoms with Crippen molar-refractivity contribution in [2.24, 2.45) is 0 Å². The topological polar surface area (TPSA) is 59.1 Å². The second kappa shape index (κ2) is 5.30. The molecule has 1 aromatic carbocycles. The number of epoxide rings is 1. The summed E-state index contributed by atoms with van der Waals surface area (Å²) in [6.07, 6.45) is 2.34. The van der Waals surface area contributed by atoms with Crippen LogP contribution in [0, 0.1) is 0 Å². The summed E-state index contributed by atoms with van der Waals surface area (Å²) in [5.41, 5.74) is 0.807. The van der Waals surface area contributed by atoms with Crippen LogP contribution >= 0.6 is 0 Å². The third-order valence-corrected chi connectivity index (χ3v) is 5.99. The lowest BCUT2D eigenvalue weighted by atomic mass is 9.95. The monoisotopic (exact) mass is 318 g/mol. The van der Waals surface area contributed by atoms with Gasteiger partial charge >= 0.3 is 5.97 Å². The van der Waals surface area contributed by atoms with Gasteiger partial charge in [0.2, 0.25) is 0 Å². The zero-order chi connectivity index (χ0) is 16.2. The van der Waals surface area contributed by atoms with E-state index < -0.39 is 5.92 Å². The molecular formula is C18H24NO4+. The Hall–Kier alpha value is -1.43. The van der Waals surface area contributed by atoms with E-state index in [9.17, 15) is 9.90 Å². The first-order valence-corrected chi connectivity index (χ1v) is 8.37. The molecule has 5 nitrogen and oxygen atoms in total. The molecule has 124 valence electrons. The number of piperidine rings is 1. The van der Waals surface area contributed by atoms with Gasteiger partial charge in [-0.1, -0.05) is 30.3 Å². The summed E-state index contributed by atoms with van der Waals surface area (Å²) in [6, 6.07) is 10.2. The number of morpholine rings is 1. The molecule has 3 fully saturated rings. The van der Waals surface area contributed by atoms with Crippen LogP contribution in [-0.2, 0) is 14.3 Å². The molecule has 4 rings (SSSR count). The third kappa shape index (κ3) is 2.38. The Morgan fingerprint density at radius 1 is 1.26 bits per heavy atom. The first-order chi connectivity index (χ1) is 11.0. The minimum Gasteiger partial charge on any atom is -0.461 e. The Balaban J connectivity index is 1.44. The van der Waals surface area contributed by atoms with Gasteiger partial charge in [0.1, 0.15) is 36.3 Å². The number of fused-ring (bicyclic) bond motifs is 5. The number of carbonyl (C=O) groups is 1. The molecule has 23 heavy (non-hydrogen) atoms. The number of esters is 1. The van der Waals surface area contributed by atoms with Crippen LogP contribution in [0.5, 0.6) is 0 Å². The van der Waals surface area contributed by atoms with Crippen LogP contribution in [0.3, 0.4) is 0 Å². The second-order valence-electron chi connectivity index (χ2n) is 7.51. The first-order valence-electron chi connectivity index (χ1n) is 8.37. The third-order valence-electron chi connectivity index (χ3n) is 5.99. The first kappa shape index (κ1) is 15.1. The van der Waals surface area contributed by atoms with Gasteiger partial charge in [0.25, 0.3) is 0 Å². The van der Waals surface area contributed by atoms with E-state index >= 15 is 0 Å². The van der Waals surface area contributed by atoms with Crippen molar-refractivity contribution < 1.29 is 23.9 Å². The molecule has 0 aliphatic carbocycles. The van der Waals surface area contributed by atoms with E-state index in [-0.39, 0.29) is 18.7 Å². The number of benzene rings is 1. The van der Waals surface area contributed by atoms with Crippen molar-refractivity contribution in [3.8, 4) is 0 Å². The fourth-order valence-corrected chi connectivity index (χ4v) is 4.55. The van der Waals surface area contributed by atoms with Gasteiger partial charge < -0.3 is 19.1 Å². The number of ether oxygens (including phenoxy) is 2. The molecule has 4 unspecified atom stereocenters. The number of rotatable bonds is 4. The molecule has 0 spiro atoms. The summed E-state index contributed by atoms with van der Waals surface area (Å²) < 4.78 is 12.5. The van der Waals surface area contributed by atoms with Crippen LogP contribution in [0.15, 0.2) is 30.3 Å². The van der Waals surface area contributed by atoms with Crippen molar-refractivity contribution in [2.45, 2.75) is 49.2 Å². The number of quaternary nitrogens is 1. The maximum Gasteiger partial charge on any atom is 0.316 e. The second-order valence-corrected chi connectivity index (χ2v) is 7.51. The predicted octanol–water partition coefficient (Wildman–Crippen LogP) is 1.06. The highest BCUT2D eigenvalue weighted by atomic mass is 16.6. The molecule has 3 saturated heterocycles. The number of nitrogens with zero attached hydrogens (tertiary/aromatic N) is 1. The van der Waals surface area contributed by atoms with E-state index in [4.69, 9.17) is 9.47 Å². The number of aliphatic hydroxyl groups excluding tert-OH is 1. The van der Waals surface area contributed by atoms with Gasteiger partial charge in [-0.3, -0.25) is 4.79 Å². The van der Waals surface area contributed by atoms with Crippen molar-refractivity contribution in [1.82, 2.24) is 0 Å². The Bertz CT molecular complexity index is 582. The van der Waals surface area contributed by atoms with E-state index in [1.54, 1.807) is 0 Å². The minimum absolute atomic E-state index is 0.0576. The number of likely N-dealkylation sites (N-methyl/N-ethyl adjacent to an activating group) is 1. The number of hydrogen-bond acceptors (Lipinski definition) is 4. The molecule has 0 radical (unpaired) electrons. The Morgan fingerprint density at radius 3 is 2.43 bits per heavy atom. The zero-order valence-electron chi connectivity index (χ0n) is 13.6. The van der Waals surface area contributed by atoms with Gasteiger partial charge in [-0.15, -0.1) is 0 Å². The maximum atomic E-state index is 12.5. The van der Waals surface area contributed by atoms with Crippen molar-refractivity contribution in [3.05, 3.63) is 35.9 Å². The van der Waals surface area contributed by atoms with E-state index in [1.165, 1.54) is 0 Å². The molecule has 3 aliphatic rings. The van der Waals surface area contributed by atoms with Crippen LogP contribution in [0.4, 0.5) is 0 Å². The molecular weight excluding hydrogens is 294 g/mol. The highest BCUT2D eigenvalue weighted by Crippen LogP contribution is 2.51. The van der Waals surface area contributed by atoms with Crippen LogP contribution in [0.2, 0.25) is 0 Å². The molecule has 3 heterocycles. The summed E-state index contributed by atoms with van der Waals surface area (Å²) in [6.45, 7) is -0.224. The number of hydrogen-bond donors (Lipinski definition) is 1. The van der Waals surface area contributed by atoms with Gasteiger partial charge in [-0.05, 0) is 5.56 Å². The number of carbonyl (C=O) groups excluding carboxylic acids is 1. The molecule has 6 atom stereocenters. The summed E-state index contributed by atoms with van der Waals surface area (Å²) in [4.78, 5) is 12.5. The van der Waals surface area contributed by atoms with Gasteiger partial charge in [0, 0.05) is 12.8 Å². The maximum absolute atomic E-state index is 12.5. The summed E-state index contributed by atoms with van der Waals surface area (Å²) >= 11 is 0. The molecule has 1 N–H and O–H groups in total. The van der Waals surface area contributed by atoms with Crippen molar-refractivity contribution in [3.63, 3.8) is 0 Å². The Labute approximate surface area is 136 Å². The normalized spacial score (nSPS) is 37.8.